The number of urea groups is 1. The molecule has 5 rings (SSSR count). The van der Waals surface area contributed by atoms with E-state index in [2.05, 4.69) is 10.3 Å². The molecule has 0 aliphatic carbocycles. The number of hydrogen-bond acceptors (Lipinski definition) is 3. The highest BCUT2D eigenvalue weighted by Crippen LogP contribution is 2.40. The standard InChI is InChI=1S/C27H26FN3O3/c1-3-34-24-7-5-4-6-23(24)30-27(32)31-15-14-20-21-16-19(33-2)12-13-22(21)29-25(20)26(31)17-8-10-18(28)11-9-17/h4-13,16,26,29H,3,14-15H2,1-2H3,(H,30,32)/t26-/m1/s1. The average molecular weight is 460 g/mol. The minimum Gasteiger partial charge on any atom is -0.497 e. The van der Waals surface area contributed by atoms with Crippen LogP contribution in [0.2, 0.25) is 0 Å². The van der Waals surface area contributed by atoms with Gasteiger partial charge in [-0.2, -0.15) is 0 Å². The molecule has 2 amide bonds. The van der Waals surface area contributed by atoms with Gasteiger partial charge >= 0.3 is 6.03 Å². The summed E-state index contributed by atoms with van der Waals surface area (Å²) in [5.74, 6) is 1.08. The number of anilines is 1. The zero-order valence-corrected chi connectivity index (χ0v) is 19.1. The molecule has 0 unspecified atom stereocenters. The molecular weight excluding hydrogens is 433 g/mol. The lowest BCUT2D eigenvalue weighted by Crippen LogP contribution is -2.43. The van der Waals surface area contributed by atoms with Crippen LogP contribution in [0.5, 0.6) is 11.5 Å². The maximum absolute atomic E-state index is 13.7. The fraction of sp³-hybridized carbons (Fsp3) is 0.222. The van der Waals surface area contributed by atoms with Crippen LogP contribution in [0.3, 0.4) is 0 Å². The SMILES string of the molecule is CCOc1ccccc1NC(=O)N1CCc2c([nH]c3ccc(OC)cc23)[C@H]1c1ccc(F)cc1. The normalized spacial score (nSPS) is 15.1. The summed E-state index contributed by atoms with van der Waals surface area (Å²) in [7, 11) is 1.65. The van der Waals surface area contributed by atoms with Crippen LogP contribution in [-0.4, -0.2) is 36.2 Å². The quantitative estimate of drug-likeness (QED) is 0.391. The minimum atomic E-state index is -0.401. The van der Waals surface area contributed by atoms with Crippen molar-refractivity contribution in [2.24, 2.45) is 0 Å². The van der Waals surface area contributed by atoms with Crippen molar-refractivity contribution < 1.29 is 18.7 Å². The van der Waals surface area contributed by atoms with Crippen molar-refractivity contribution in [3.05, 3.63) is 89.4 Å². The van der Waals surface area contributed by atoms with Gasteiger partial charge in [-0.05, 0) is 66.9 Å². The number of nitrogens with one attached hydrogen (secondary N) is 2. The number of ether oxygens (including phenoxy) is 2. The molecule has 174 valence electrons. The fourth-order valence-corrected chi connectivity index (χ4v) is 4.64. The number of nitrogens with zero attached hydrogens (tertiary/aromatic N) is 1. The number of halogens is 1. The Morgan fingerprint density at radius 2 is 1.94 bits per heavy atom. The summed E-state index contributed by atoms with van der Waals surface area (Å²) in [5, 5.41) is 4.09. The van der Waals surface area contributed by atoms with Gasteiger partial charge in [0.1, 0.15) is 17.3 Å². The monoisotopic (exact) mass is 459 g/mol. The molecule has 2 N–H and O–H groups in total. The Labute approximate surface area is 197 Å². The molecule has 0 bridgehead atoms. The van der Waals surface area contributed by atoms with Gasteiger partial charge in [0.2, 0.25) is 0 Å². The topological polar surface area (TPSA) is 66.6 Å². The van der Waals surface area contributed by atoms with Crippen molar-refractivity contribution in [3.63, 3.8) is 0 Å². The first-order chi connectivity index (χ1) is 16.6. The Morgan fingerprint density at radius 3 is 2.71 bits per heavy atom. The summed E-state index contributed by atoms with van der Waals surface area (Å²) < 4.78 is 24.8. The molecule has 1 atom stereocenters. The Balaban J connectivity index is 1.56. The van der Waals surface area contributed by atoms with Crippen LogP contribution >= 0.6 is 0 Å². The Bertz CT molecular complexity index is 1330. The van der Waals surface area contributed by atoms with Crippen molar-refractivity contribution in [1.82, 2.24) is 9.88 Å². The molecule has 6 nitrogen and oxygen atoms in total. The first-order valence-electron chi connectivity index (χ1n) is 11.3. The minimum absolute atomic E-state index is 0.247. The molecule has 1 aliphatic rings. The highest BCUT2D eigenvalue weighted by atomic mass is 19.1. The fourth-order valence-electron chi connectivity index (χ4n) is 4.64. The van der Waals surface area contributed by atoms with E-state index in [0.29, 0.717) is 31.0 Å². The molecule has 1 aliphatic heterocycles. The zero-order valence-electron chi connectivity index (χ0n) is 19.1. The molecule has 0 saturated carbocycles. The first-order valence-corrected chi connectivity index (χ1v) is 11.3. The number of aromatic amines is 1. The van der Waals surface area contributed by atoms with E-state index in [0.717, 1.165) is 33.5 Å². The van der Waals surface area contributed by atoms with Crippen molar-refractivity contribution in [2.75, 3.05) is 25.6 Å². The van der Waals surface area contributed by atoms with E-state index in [1.165, 1.54) is 12.1 Å². The Kier molecular flexibility index (Phi) is 5.84. The summed E-state index contributed by atoms with van der Waals surface area (Å²) in [4.78, 5) is 18.8. The summed E-state index contributed by atoms with van der Waals surface area (Å²) in [6.45, 7) is 2.90. The number of carbonyl (C=O) groups is 1. The van der Waals surface area contributed by atoms with Gasteiger partial charge in [0, 0.05) is 23.1 Å². The maximum atomic E-state index is 13.7. The predicted octanol–water partition coefficient (Wildman–Crippen LogP) is 5.89. The number of methoxy groups -OCH3 is 1. The number of benzene rings is 3. The highest BCUT2D eigenvalue weighted by Gasteiger charge is 2.35. The molecule has 2 heterocycles. The van der Waals surface area contributed by atoms with Gasteiger partial charge in [0.05, 0.1) is 25.4 Å². The summed E-state index contributed by atoms with van der Waals surface area (Å²) in [6, 6.07) is 18.9. The van der Waals surface area contributed by atoms with Crippen molar-refractivity contribution in [2.45, 2.75) is 19.4 Å². The van der Waals surface area contributed by atoms with Gasteiger partial charge in [0.15, 0.2) is 0 Å². The van der Waals surface area contributed by atoms with E-state index in [9.17, 15) is 9.18 Å². The lowest BCUT2D eigenvalue weighted by atomic mass is 9.92. The third-order valence-corrected chi connectivity index (χ3v) is 6.21. The second-order valence-corrected chi connectivity index (χ2v) is 8.19. The van der Waals surface area contributed by atoms with Crippen molar-refractivity contribution in [1.29, 1.82) is 0 Å². The summed E-state index contributed by atoms with van der Waals surface area (Å²) in [5.41, 5.74) is 4.48. The number of carbonyl (C=O) groups excluding carboxylic acids is 1. The zero-order chi connectivity index (χ0) is 23.7. The second kappa shape index (κ2) is 9.09. The molecule has 3 aromatic carbocycles. The highest BCUT2D eigenvalue weighted by molar-refractivity contribution is 5.93. The number of H-pyrrole nitrogens is 1. The van der Waals surface area contributed by atoms with E-state index in [1.54, 1.807) is 24.1 Å². The van der Waals surface area contributed by atoms with Crippen LogP contribution in [0.25, 0.3) is 10.9 Å². The predicted molar refractivity (Wildman–Crippen MR) is 130 cm³/mol. The Morgan fingerprint density at radius 1 is 1.15 bits per heavy atom. The van der Waals surface area contributed by atoms with Gasteiger partial charge in [-0.1, -0.05) is 24.3 Å². The van der Waals surface area contributed by atoms with Gasteiger partial charge in [-0.15, -0.1) is 0 Å². The van der Waals surface area contributed by atoms with Crippen molar-refractivity contribution >= 4 is 22.6 Å². The van der Waals surface area contributed by atoms with E-state index in [4.69, 9.17) is 9.47 Å². The largest absolute Gasteiger partial charge is 0.497 e. The third-order valence-electron chi connectivity index (χ3n) is 6.21. The van der Waals surface area contributed by atoms with E-state index in [-0.39, 0.29) is 11.8 Å². The number of rotatable bonds is 5. The van der Waals surface area contributed by atoms with Gasteiger partial charge in [0.25, 0.3) is 0 Å². The number of amides is 2. The van der Waals surface area contributed by atoms with E-state index < -0.39 is 6.04 Å². The molecule has 7 heteroatoms. The molecule has 0 radical (unpaired) electrons. The van der Waals surface area contributed by atoms with Gasteiger partial charge in [-0.3, -0.25) is 0 Å². The van der Waals surface area contributed by atoms with Crippen LogP contribution in [0.4, 0.5) is 14.9 Å². The molecule has 34 heavy (non-hydrogen) atoms. The first kappa shape index (κ1) is 21.8. The number of para-hydroxylation sites is 2. The molecule has 1 aromatic heterocycles. The molecule has 0 saturated heterocycles. The summed E-state index contributed by atoms with van der Waals surface area (Å²) >= 11 is 0. The lowest BCUT2D eigenvalue weighted by molar-refractivity contribution is 0.193. The van der Waals surface area contributed by atoms with Crippen LogP contribution < -0.4 is 14.8 Å². The van der Waals surface area contributed by atoms with Crippen LogP contribution in [0, 0.1) is 5.82 Å². The molecule has 4 aromatic rings. The van der Waals surface area contributed by atoms with E-state index in [1.807, 2.05) is 49.4 Å². The van der Waals surface area contributed by atoms with Crippen molar-refractivity contribution in [3.8, 4) is 11.5 Å². The van der Waals surface area contributed by atoms with E-state index >= 15 is 0 Å². The third kappa shape index (κ3) is 3.94. The van der Waals surface area contributed by atoms with Gasteiger partial charge < -0.3 is 24.7 Å². The Hall–Kier alpha value is -4.00. The average Bonchev–Trinajstić information content (AvgIpc) is 3.23. The van der Waals surface area contributed by atoms with Gasteiger partial charge in [-0.25, -0.2) is 9.18 Å². The lowest BCUT2D eigenvalue weighted by Gasteiger charge is -2.36. The number of aromatic nitrogens is 1. The van der Waals surface area contributed by atoms with Crippen LogP contribution in [0.15, 0.2) is 66.7 Å². The molecule has 0 spiro atoms. The second-order valence-electron chi connectivity index (χ2n) is 8.19. The number of hydrogen-bond donors (Lipinski definition) is 2. The summed E-state index contributed by atoms with van der Waals surface area (Å²) in [6.07, 6.45) is 0.681. The maximum Gasteiger partial charge on any atom is 0.322 e. The number of fused-ring (bicyclic) bond motifs is 3. The molecular formula is C27H26FN3O3. The molecule has 0 fully saturated rings. The van der Waals surface area contributed by atoms with Crippen LogP contribution in [0.1, 0.15) is 29.8 Å². The van der Waals surface area contributed by atoms with Crippen LogP contribution in [-0.2, 0) is 6.42 Å². The smallest absolute Gasteiger partial charge is 0.322 e.